The van der Waals surface area contributed by atoms with E-state index in [9.17, 15) is 9.59 Å². The average Bonchev–Trinajstić information content (AvgIpc) is 2.97. The van der Waals surface area contributed by atoms with Crippen molar-refractivity contribution in [1.82, 2.24) is 10.2 Å². The first kappa shape index (κ1) is 19.6. The van der Waals surface area contributed by atoms with Gasteiger partial charge in [-0.25, -0.2) is 0 Å². The summed E-state index contributed by atoms with van der Waals surface area (Å²) in [5.41, 5.74) is 2.97. The van der Waals surface area contributed by atoms with Gasteiger partial charge in [0.2, 0.25) is 5.91 Å². The highest BCUT2D eigenvalue weighted by atomic mass is 16.5. The topological polar surface area (TPSA) is 67.9 Å². The molecule has 2 atom stereocenters. The molecule has 0 bridgehead atoms. The van der Waals surface area contributed by atoms with Gasteiger partial charge < -0.3 is 19.7 Å². The van der Waals surface area contributed by atoms with Gasteiger partial charge in [0.05, 0.1) is 25.4 Å². The number of amides is 2. The minimum Gasteiger partial charge on any atom is -0.379 e. The van der Waals surface area contributed by atoms with Gasteiger partial charge in [-0.1, -0.05) is 29.8 Å². The summed E-state index contributed by atoms with van der Waals surface area (Å²) in [6.07, 6.45) is 3.03. The Balaban J connectivity index is 1.47. The lowest BCUT2D eigenvalue weighted by molar-refractivity contribution is -0.126. The molecule has 0 spiro atoms. The van der Waals surface area contributed by atoms with Crippen molar-refractivity contribution in [3.63, 3.8) is 0 Å². The van der Waals surface area contributed by atoms with Gasteiger partial charge in [-0.2, -0.15) is 0 Å². The lowest BCUT2D eigenvalue weighted by Gasteiger charge is -2.32. The van der Waals surface area contributed by atoms with E-state index in [0.717, 1.165) is 17.5 Å². The highest BCUT2D eigenvalue weighted by Crippen LogP contribution is 2.22. The number of nitrogens with zero attached hydrogens (tertiary/aromatic N) is 1. The van der Waals surface area contributed by atoms with E-state index in [2.05, 4.69) is 5.32 Å². The van der Waals surface area contributed by atoms with Crippen molar-refractivity contribution >= 4 is 11.8 Å². The second-order valence-electron chi connectivity index (χ2n) is 7.32. The molecule has 2 aliphatic rings. The van der Waals surface area contributed by atoms with E-state index in [1.807, 2.05) is 44.2 Å². The summed E-state index contributed by atoms with van der Waals surface area (Å²) in [4.78, 5) is 26.5. The van der Waals surface area contributed by atoms with Crippen molar-refractivity contribution < 1.29 is 19.1 Å². The third-order valence-corrected chi connectivity index (χ3v) is 4.95. The smallest absolute Gasteiger partial charge is 0.254 e. The Kier molecular flexibility index (Phi) is 6.63. The van der Waals surface area contributed by atoms with Crippen molar-refractivity contribution in [3.05, 3.63) is 47.0 Å². The number of hydrogen-bond donors (Lipinski definition) is 1. The van der Waals surface area contributed by atoms with Gasteiger partial charge in [0.15, 0.2) is 0 Å². The predicted molar refractivity (Wildman–Crippen MR) is 102 cm³/mol. The largest absolute Gasteiger partial charge is 0.379 e. The highest BCUT2D eigenvalue weighted by molar-refractivity contribution is 5.98. The van der Waals surface area contributed by atoms with Crippen molar-refractivity contribution in [3.8, 4) is 0 Å². The van der Waals surface area contributed by atoms with Crippen molar-refractivity contribution in [2.45, 2.75) is 45.4 Å². The molecule has 1 N–H and O–H groups in total. The molecule has 0 saturated carbocycles. The van der Waals surface area contributed by atoms with Crippen molar-refractivity contribution in [1.29, 1.82) is 0 Å². The minimum atomic E-state index is -0.150. The molecular weight excluding hydrogens is 344 g/mol. The molecular formula is C21H28N2O4. The summed E-state index contributed by atoms with van der Waals surface area (Å²) in [6.45, 7) is 6.69. The van der Waals surface area contributed by atoms with E-state index in [0.29, 0.717) is 32.9 Å². The van der Waals surface area contributed by atoms with Crippen molar-refractivity contribution in [2.75, 3.05) is 26.4 Å². The van der Waals surface area contributed by atoms with Crippen LogP contribution in [-0.4, -0.2) is 55.2 Å². The third-order valence-electron chi connectivity index (χ3n) is 4.95. The van der Waals surface area contributed by atoms with E-state index < -0.39 is 0 Å². The number of rotatable bonds is 7. The second kappa shape index (κ2) is 9.15. The standard InChI is InChI=1S/C21H28N2O4/c1-15(2)8-12-27-19-9-11-26-14-18(19)22-20(24)7-10-23-13-16-5-3-4-6-17(16)21(23)25/h3-6,8,18-19H,7,9-14H2,1-2H3,(H,22,24)/t18-,19+/m1/s1. The maximum Gasteiger partial charge on any atom is 0.254 e. The third kappa shape index (κ3) is 5.17. The molecule has 6 heteroatoms. The average molecular weight is 372 g/mol. The van der Waals surface area contributed by atoms with Gasteiger partial charge in [0.1, 0.15) is 0 Å². The van der Waals surface area contributed by atoms with Crippen LogP contribution >= 0.6 is 0 Å². The Labute approximate surface area is 160 Å². The molecule has 6 nitrogen and oxygen atoms in total. The fourth-order valence-corrected chi connectivity index (χ4v) is 3.40. The van der Waals surface area contributed by atoms with Crippen LogP contribution in [-0.2, 0) is 20.8 Å². The molecule has 2 heterocycles. The van der Waals surface area contributed by atoms with E-state index in [1.165, 1.54) is 5.57 Å². The molecule has 1 fully saturated rings. The number of carbonyl (C=O) groups is 2. The highest BCUT2D eigenvalue weighted by Gasteiger charge is 2.29. The van der Waals surface area contributed by atoms with Crippen LogP contribution in [0.1, 0.15) is 42.6 Å². The summed E-state index contributed by atoms with van der Waals surface area (Å²) in [7, 11) is 0. The molecule has 1 saturated heterocycles. The Bertz CT molecular complexity index is 712. The summed E-state index contributed by atoms with van der Waals surface area (Å²) in [6, 6.07) is 7.45. The van der Waals surface area contributed by atoms with Crippen LogP contribution in [0.5, 0.6) is 0 Å². The van der Waals surface area contributed by atoms with Crippen LogP contribution < -0.4 is 5.32 Å². The van der Waals surface area contributed by atoms with E-state index in [1.54, 1.807) is 4.90 Å². The Morgan fingerprint density at radius 2 is 2.19 bits per heavy atom. The van der Waals surface area contributed by atoms with Gasteiger partial charge in [-0.3, -0.25) is 9.59 Å². The zero-order chi connectivity index (χ0) is 19.2. The molecule has 0 radical (unpaired) electrons. The number of ether oxygens (including phenoxy) is 2. The Hall–Kier alpha value is -2.18. The molecule has 146 valence electrons. The first-order valence-corrected chi connectivity index (χ1v) is 9.54. The van der Waals surface area contributed by atoms with Crippen LogP contribution in [0.2, 0.25) is 0 Å². The molecule has 2 aliphatic heterocycles. The SMILES string of the molecule is CC(C)=CCO[C@H]1CCOC[C@H]1NC(=O)CCN1Cc2ccccc2C1=O. The number of allylic oxidation sites excluding steroid dienone is 1. The van der Waals surface area contributed by atoms with E-state index in [-0.39, 0.29) is 30.4 Å². The van der Waals surface area contributed by atoms with Crippen LogP contribution in [0.25, 0.3) is 0 Å². The zero-order valence-corrected chi connectivity index (χ0v) is 16.1. The number of benzene rings is 1. The monoisotopic (exact) mass is 372 g/mol. The molecule has 0 aromatic heterocycles. The van der Waals surface area contributed by atoms with Crippen LogP contribution in [0.3, 0.4) is 0 Å². The van der Waals surface area contributed by atoms with Crippen LogP contribution in [0, 0.1) is 0 Å². The minimum absolute atomic E-state index is 0.00216. The number of carbonyl (C=O) groups excluding carboxylic acids is 2. The quantitative estimate of drug-likeness (QED) is 0.746. The van der Waals surface area contributed by atoms with Gasteiger partial charge >= 0.3 is 0 Å². The normalized spacial score (nSPS) is 21.7. The maximum absolute atomic E-state index is 12.4. The van der Waals surface area contributed by atoms with Crippen molar-refractivity contribution in [2.24, 2.45) is 0 Å². The van der Waals surface area contributed by atoms with Gasteiger partial charge in [0.25, 0.3) is 5.91 Å². The maximum atomic E-state index is 12.4. The second-order valence-corrected chi connectivity index (χ2v) is 7.32. The molecule has 1 aromatic carbocycles. The van der Waals surface area contributed by atoms with Crippen LogP contribution in [0.4, 0.5) is 0 Å². The fourth-order valence-electron chi connectivity index (χ4n) is 3.40. The molecule has 1 aromatic rings. The van der Waals surface area contributed by atoms with E-state index >= 15 is 0 Å². The van der Waals surface area contributed by atoms with Gasteiger partial charge in [-0.15, -0.1) is 0 Å². The Morgan fingerprint density at radius 1 is 1.37 bits per heavy atom. The molecule has 0 aliphatic carbocycles. The summed E-state index contributed by atoms with van der Waals surface area (Å²) >= 11 is 0. The van der Waals surface area contributed by atoms with Gasteiger partial charge in [0, 0.05) is 31.7 Å². The fraction of sp³-hybridized carbons (Fsp3) is 0.524. The first-order valence-electron chi connectivity index (χ1n) is 9.54. The van der Waals surface area contributed by atoms with Gasteiger partial charge in [-0.05, 0) is 31.9 Å². The number of hydrogen-bond acceptors (Lipinski definition) is 4. The number of fused-ring (bicyclic) bond motifs is 1. The Morgan fingerprint density at radius 3 is 2.96 bits per heavy atom. The molecule has 3 rings (SSSR count). The lowest BCUT2D eigenvalue weighted by atomic mass is 10.1. The first-order chi connectivity index (χ1) is 13.0. The van der Waals surface area contributed by atoms with Crippen LogP contribution in [0.15, 0.2) is 35.9 Å². The zero-order valence-electron chi connectivity index (χ0n) is 16.1. The number of nitrogens with one attached hydrogen (secondary N) is 1. The predicted octanol–water partition coefficient (Wildman–Crippen LogP) is 2.29. The summed E-state index contributed by atoms with van der Waals surface area (Å²) in [5, 5.41) is 3.02. The molecule has 27 heavy (non-hydrogen) atoms. The molecule has 2 amide bonds. The lowest BCUT2D eigenvalue weighted by Crippen LogP contribution is -2.51. The summed E-state index contributed by atoms with van der Waals surface area (Å²) in [5.74, 6) is -0.0765. The molecule has 0 unspecified atom stereocenters. The summed E-state index contributed by atoms with van der Waals surface area (Å²) < 4.78 is 11.4. The van der Waals surface area contributed by atoms with E-state index in [4.69, 9.17) is 9.47 Å².